The molecular formula is C16H15ClN4O. The van der Waals surface area contributed by atoms with Gasteiger partial charge in [-0.2, -0.15) is 0 Å². The molecule has 0 fully saturated rings. The first-order valence-corrected chi connectivity index (χ1v) is 7.59. The molecule has 0 unspecified atom stereocenters. The second-order valence-electron chi connectivity index (χ2n) is 5.37. The smallest absolute Gasteiger partial charge is 0.209 e. The predicted molar refractivity (Wildman–Crippen MR) is 83.3 cm³/mol. The molecule has 5 nitrogen and oxygen atoms in total. The topological polar surface area (TPSA) is 47.1 Å². The number of hydrogen-bond donors (Lipinski definition) is 0. The molecule has 22 heavy (non-hydrogen) atoms. The Morgan fingerprint density at radius 1 is 1.14 bits per heavy atom. The van der Waals surface area contributed by atoms with Crippen molar-refractivity contribution < 1.29 is 4.42 Å². The van der Waals surface area contributed by atoms with Crippen molar-refractivity contribution in [1.29, 1.82) is 0 Å². The summed E-state index contributed by atoms with van der Waals surface area (Å²) in [6.07, 6.45) is 5.64. The van der Waals surface area contributed by atoms with Gasteiger partial charge in [-0.25, -0.2) is 9.97 Å². The summed E-state index contributed by atoms with van der Waals surface area (Å²) in [4.78, 5) is 11.0. The highest BCUT2D eigenvalue weighted by Crippen LogP contribution is 2.23. The second kappa shape index (κ2) is 5.59. The van der Waals surface area contributed by atoms with E-state index in [2.05, 4.69) is 19.4 Å². The summed E-state index contributed by atoms with van der Waals surface area (Å²) in [7, 11) is 0. The van der Waals surface area contributed by atoms with Crippen LogP contribution in [0.25, 0.3) is 11.3 Å². The molecule has 0 radical (unpaired) electrons. The lowest BCUT2D eigenvalue weighted by Crippen LogP contribution is -2.33. The lowest BCUT2D eigenvalue weighted by molar-refractivity contribution is 0.191. The normalized spacial score (nSPS) is 15.0. The number of fused-ring (bicyclic) bond motifs is 1. The molecule has 0 bridgehead atoms. The fourth-order valence-electron chi connectivity index (χ4n) is 2.68. The fourth-order valence-corrected chi connectivity index (χ4v) is 2.81. The van der Waals surface area contributed by atoms with Gasteiger partial charge in [0.2, 0.25) is 5.89 Å². The highest BCUT2D eigenvalue weighted by molar-refractivity contribution is 6.30. The Morgan fingerprint density at radius 2 is 2.00 bits per heavy atom. The Morgan fingerprint density at radius 3 is 2.86 bits per heavy atom. The van der Waals surface area contributed by atoms with Crippen LogP contribution in [0.15, 0.2) is 47.3 Å². The zero-order valence-electron chi connectivity index (χ0n) is 11.9. The third kappa shape index (κ3) is 2.65. The Balaban J connectivity index is 1.47. The molecule has 4 rings (SSSR count). The number of halogens is 1. The Labute approximate surface area is 133 Å². The van der Waals surface area contributed by atoms with E-state index in [1.807, 2.05) is 36.7 Å². The summed E-state index contributed by atoms with van der Waals surface area (Å²) in [5.74, 6) is 2.59. The largest absolute Gasteiger partial charge is 0.439 e. The molecular weight excluding hydrogens is 300 g/mol. The Kier molecular flexibility index (Phi) is 3.44. The molecule has 0 saturated heterocycles. The molecule has 2 aromatic heterocycles. The summed E-state index contributed by atoms with van der Waals surface area (Å²) in [6.45, 7) is 3.45. The maximum Gasteiger partial charge on any atom is 0.209 e. The first-order valence-electron chi connectivity index (χ1n) is 7.21. The van der Waals surface area contributed by atoms with Crippen LogP contribution in [0.5, 0.6) is 0 Å². The van der Waals surface area contributed by atoms with Gasteiger partial charge in [0.05, 0.1) is 19.3 Å². The molecule has 0 atom stereocenters. The maximum absolute atomic E-state index is 5.90. The average molecular weight is 315 g/mol. The monoisotopic (exact) mass is 314 g/mol. The lowest BCUT2D eigenvalue weighted by atomic mass is 10.2. The summed E-state index contributed by atoms with van der Waals surface area (Å²) >= 11 is 5.90. The van der Waals surface area contributed by atoms with Crippen LogP contribution < -0.4 is 0 Å². The van der Waals surface area contributed by atoms with Gasteiger partial charge in [0, 0.05) is 36.1 Å². The van der Waals surface area contributed by atoms with Crippen LogP contribution in [-0.2, 0) is 19.6 Å². The molecule has 0 N–H and O–H groups in total. The van der Waals surface area contributed by atoms with Gasteiger partial charge in [-0.05, 0) is 24.3 Å². The van der Waals surface area contributed by atoms with Gasteiger partial charge in [-0.15, -0.1) is 0 Å². The lowest BCUT2D eigenvalue weighted by Gasteiger charge is -2.26. The number of oxazole rings is 1. The fraction of sp³-hybridized carbons (Fsp3) is 0.250. The Hall–Kier alpha value is -2.11. The van der Waals surface area contributed by atoms with E-state index >= 15 is 0 Å². The minimum Gasteiger partial charge on any atom is -0.439 e. The van der Waals surface area contributed by atoms with Gasteiger partial charge in [-0.3, -0.25) is 4.90 Å². The number of hydrogen-bond acceptors (Lipinski definition) is 4. The van der Waals surface area contributed by atoms with Gasteiger partial charge < -0.3 is 8.98 Å². The van der Waals surface area contributed by atoms with Gasteiger partial charge in [0.1, 0.15) is 5.82 Å². The van der Waals surface area contributed by atoms with Crippen LogP contribution in [0, 0.1) is 0 Å². The number of imidazole rings is 1. The van der Waals surface area contributed by atoms with Crippen molar-refractivity contribution in [2.75, 3.05) is 6.54 Å². The number of nitrogens with zero attached hydrogens (tertiary/aromatic N) is 4. The maximum atomic E-state index is 5.90. The average Bonchev–Trinajstić information content (AvgIpc) is 3.17. The molecule has 1 aliphatic rings. The highest BCUT2D eigenvalue weighted by Gasteiger charge is 2.18. The van der Waals surface area contributed by atoms with Crippen LogP contribution in [0.1, 0.15) is 11.7 Å². The summed E-state index contributed by atoms with van der Waals surface area (Å²) in [5, 5.41) is 0.715. The molecule has 112 valence electrons. The van der Waals surface area contributed by atoms with E-state index in [-0.39, 0.29) is 0 Å². The molecule has 6 heteroatoms. The minimum absolute atomic E-state index is 0.695. The first-order chi connectivity index (χ1) is 10.8. The van der Waals surface area contributed by atoms with Crippen LogP contribution in [0.2, 0.25) is 5.02 Å². The van der Waals surface area contributed by atoms with E-state index in [0.717, 1.165) is 42.7 Å². The van der Waals surface area contributed by atoms with E-state index in [1.165, 1.54) is 0 Å². The van der Waals surface area contributed by atoms with Crippen molar-refractivity contribution in [3.8, 4) is 11.3 Å². The molecule has 0 spiro atoms. The number of rotatable bonds is 3. The van der Waals surface area contributed by atoms with E-state index in [0.29, 0.717) is 11.6 Å². The molecule has 0 aliphatic carbocycles. The zero-order chi connectivity index (χ0) is 14.9. The Bertz CT molecular complexity index is 778. The standard InChI is InChI=1S/C16H15ClN4O/c17-13-3-1-12(2-4-13)14-9-19-16(22-14)11-20-7-8-21-6-5-18-15(21)10-20/h1-6,9H,7-8,10-11H2. The van der Waals surface area contributed by atoms with Gasteiger partial charge in [-0.1, -0.05) is 11.6 Å². The van der Waals surface area contributed by atoms with E-state index in [9.17, 15) is 0 Å². The van der Waals surface area contributed by atoms with E-state index in [1.54, 1.807) is 6.20 Å². The van der Waals surface area contributed by atoms with Crippen LogP contribution in [0.3, 0.4) is 0 Å². The molecule has 0 amide bonds. The molecule has 3 aromatic rings. The third-order valence-corrected chi connectivity index (χ3v) is 4.12. The summed E-state index contributed by atoms with van der Waals surface area (Å²) in [5.41, 5.74) is 0.984. The minimum atomic E-state index is 0.695. The van der Waals surface area contributed by atoms with Crippen molar-refractivity contribution in [2.24, 2.45) is 0 Å². The van der Waals surface area contributed by atoms with Crippen molar-refractivity contribution >= 4 is 11.6 Å². The zero-order valence-corrected chi connectivity index (χ0v) is 12.7. The van der Waals surface area contributed by atoms with Crippen LogP contribution in [-0.4, -0.2) is 26.0 Å². The molecule has 3 heterocycles. The second-order valence-corrected chi connectivity index (χ2v) is 5.81. The highest BCUT2D eigenvalue weighted by atomic mass is 35.5. The molecule has 1 aromatic carbocycles. The van der Waals surface area contributed by atoms with Crippen LogP contribution >= 0.6 is 11.6 Å². The quantitative estimate of drug-likeness (QED) is 0.745. The third-order valence-electron chi connectivity index (χ3n) is 3.87. The van der Waals surface area contributed by atoms with Crippen molar-refractivity contribution in [3.63, 3.8) is 0 Å². The van der Waals surface area contributed by atoms with E-state index < -0.39 is 0 Å². The first kappa shape index (κ1) is 13.5. The van der Waals surface area contributed by atoms with Crippen LogP contribution in [0.4, 0.5) is 0 Å². The number of benzene rings is 1. The van der Waals surface area contributed by atoms with Crippen molar-refractivity contribution in [3.05, 3.63) is 59.6 Å². The van der Waals surface area contributed by atoms with Crippen molar-refractivity contribution in [2.45, 2.75) is 19.6 Å². The summed E-state index contributed by atoms with van der Waals surface area (Å²) < 4.78 is 8.04. The van der Waals surface area contributed by atoms with Gasteiger partial charge in [0.25, 0.3) is 0 Å². The SMILES string of the molecule is Clc1ccc(-c2cnc(CN3CCn4ccnc4C3)o2)cc1. The molecule has 0 saturated carbocycles. The molecule has 1 aliphatic heterocycles. The van der Waals surface area contributed by atoms with Crippen molar-refractivity contribution in [1.82, 2.24) is 19.4 Å². The number of aromatic nitrogens is 3. The van der Waals surface area contributed by atoms with Gasteiger partial charge in [0.15, 0.2) is 5.76 Å². The summed E-state index contributed by atoms with van der Waals surface area (Å²) in [6, 6.07) is 7.57. The van der Waals surface area contributed by atoms with Gasteiger partial charge >= 0.3 is 0 Å². The van der Waals surface area contributed by atoms with E-state index in [4.69, 9.17) is 16.0 Å². The predicted octanol–water partition coefficient (Wildman–Crippen LogP) is 3.21.